The van der Waals surface area contributed by atoms with Gasteiger partial charge in [0.2, 0.25) is 11.8 Å². The van der Waals surface area contributed by atoms with Gasteiger partial charge in [-0.25, -0.2) is 0 Å². The Morgan fingerprint density at radius 3 is 2.33 bits per heavy atom. The number of amides is 2. The molecule has 21 heavy (non-hydrogen) atoms. The highest BCUT2D eigenvalue weighted by atomic mass is 16.4. The molecule has 7 heteroatoms. The molecule has 1 aliphatic carbocycles. The van der Waals surface area contributed by atoms with E-state index in [9.17, 15) is 9.59 Å². The molecule has 0 heterocycles. The molecule has 0 radical (unpaired) electrons. The highest BCUT2D eigenvalue weighted by Crippen LogP contribution is 2.37. The van der Waals surface area contributed by atoms with Crippen molar-refractivity contribution in [2.24, 2.45) is 16.3 Å². The Labute approximate surface area is 125 Å². The number of hydrogen-bond acceptors (Lipinski definition) is 4. The molecule has 0 aromatic heterocycles. The highest BCUT2D eigenvalue weighted by molar-refractivity contribution is 6.07. The molecule has 1 saturated carbocycles. The molecule has 7 nitrogen and oxygen atoms in total. The fraction of sp³-hybridized carbons (Fsp3) is 0.786. The van der Waals surface area contributed by atoms with E-state index in [1.54, 1.807) is 7.05 Å². The second kappa shape index (κ2) is 7.85. The van der Waals surface area contributed by atoms with Crippen molar-refractivity contribution in [3.63, 3.8) is 0 Å². The van der Waals surface area contributed by atoms with E-state index in [-0.39, 0.29) is 24.2 Å². The summed E-state index contributed by atoms with van der Waals surface area (Å²) >= 11 is 0. The first kappa shape index (κ1) is 17.3. The Kier molecular flexibility index (Phi) is 6.45. The number of hydrogen-bond donors (Lipinski definition) is 3. The number of oxime groups is 1. The summed E-state index contributed by atoms with van der Waals surface area (Å²) in [4.78, 5) is 25.8. The van der Waals surface area contributed by atoms with Crippen LogP contribution in [0.1, 0.15) is 45.4 Å². The zero-order valence-corrected chi connectivity index (χ0v) is 12.9. The van der Waals surface area contributed by atoms with Crippen LogP contribution in [0.4, 0.5) is 0 Å². The number of nitrogens with one attached hydrogen (secondary N) is 1. The van der Waals surface area contributed by atoms with Crippen molar-refractivity contribution in [1.29, 1.82) is 0 Å². The van der Waals surface area contributed by atoms with Crippen LogP contribution in [-0.2, 0) is 9.59 Å². The first-order valence-corrected chi connectivity index (χ1v) is 7.48. The van der Waals surface area contributed by atoms with E-state index in [1.165, 1.54) is 4.90 Å². The molecule has 0 aromatic carbocycles. The summed E-state index contributed by atoms with van der Waals surface area (Å²) in [6, 6.07) is 0. The van der Waals surface area contributed by atoms with Gasteiger partial charge in [0, 0.05) is 13.6 Å². The molecule has 1 aliphatic rings. The molecular weight excluding hydrogens is 272 g/mol. The minimum atomic E-state index is -0.980. The number of nitrogens with two attached hydrogens (primary N) is 1. The maximum absolute atomic E-state index is 12.8. The molecule has 1 fully saturated rings. The van der Waals surface area contributed by atoms with E-state index in [1.807, 2.05) is 6.92 Å². The maximum Gasteiger partial charge on any atom is 0.239 e. The quantitative estimate of drug-likeness (QED) is 0.228. The number of carbonyl (C=O) groups is 2. The average Bonchev–Trinajstić information content (AvgIpc) is 2.72. The average molecular weight is 298 g/mol. The van der Waals surface area contributed by atoms with Crippen LogP contribution in [0.5, 0.6) is 0 Å². The van der Waals surface area contributed by atoms with Crippen molar-refractivity contribution in [2.45, 2.75) is 45.4 Å². The summed E-state index contributed by atoms with van der Waals surface area (Å²) in [5.41, 5.74) is 4.85. The second-order valence-corrected chi connectivity index (χ2v) is 5.60. The first-order chi connectivity index (χ1) is 9.97. The largest absolute Gasteiger partial charge is 0.409 e. The lowest BCUT2D eigenvalue weighted by Crippen LogP contribution is -2.52. The minimum Gasteiger partial charge on any atom is -0.409 e. The van der Waals surface area contributed by atoms with Crippen molar-refractivity contribution in [1.82, 2.24) is 10.2 Å². The lowest BCUT2D eigenvalue weighted by molar-refractivity contribution is -0.141. The molecule has 0 spiro atoms. The predicted molar refractivity (Wildman–Crippen MR) is 79.9 cm³/mol. The van der Waals surface area contributed by atoms with E-state index >= 15 is 0 Å². The zero-order valence-electron chi connectivity index (χ0n) is 12.9. The minimum absolute atomic E-state index is 0.0207. The fourth-order valence-corrected chi connectivity index (χ4v) is 2.91. The van der Waals surface area contributed by atoms with Crippen LogP contribution in [0.15, 0.2) is 5.16 Å². The molecule has 2 amide bonds. The molecule has 0 atom stereocenters. The van der Waals surface area contributed by atoms with Gasteiger partial charge < -0.3 is 21.2 Å². The van der Waals surface area contributed by atoms with Crippen LogP contribution in [0.25, 0.3) is 0 Å². The SMILES string of the molecule is CCNC(=O)CN(C)C(=O)C1(C(N)=NO)CCCCCC1. The molecule has 0 saturated heterocycles. The van der Waals surface area contributed by atoms with Crippen molar-refractivity contribution in [2.75, 3.05) is 20.1 Å². The van der Waals surface area contributed by atoms with E-state index in [4.69, 9.17) is 10.9 Å². The van der Waals surface area contributed by atoms with Gasteiger partial charge in [0.15, 0.2) is 5.84 Å². The van der Waals surface area contributed by atoms with Gasteiger partial charge in [-0.15, -0.1) is 0 Å². The number of nitrogens with zero attached hydrogens (tertiary/aromatic N) is 2. The van der Waals surface area contributed by atoms with Gasteiger partial charge in [-0.1, -0.05) is 30.8 Å². The molecule has 0 aliphatic heterocycles. The third kappa shape index (κ3) is 4.09. The van der Waals surface area contributed by atoms with Crippen molar-refractivity contribution in [3.8, 4) is 0 Å². The Morgan fingerprint density at radius 1 is 1.29 bits per heavy atom. The summed E-state index contributed by atoms with van der Waals surface area (Å²) in [7, 11) is 1.58. The molecule has 0 aromatic rings. The van der Waals surface area contributed by atoms with Crippen LogP contribution in [0, 0.1) is 5.41 Å². The summed E-state index contributed by atoms with van der Waals surface area (Å²) in [6.45, 7) is 2.32. The van der Waals surface area contributed by atoms with Gasteiger partial charge in [-0.2, -0.15) is 0 Å². The lowest BCUT2D eigenvalue weighted by atomic mass is 9.77. The monoisotopic (exact) mass is 298 g/mol. The molecule has 120 valence electrons. The second-order valence-electron chi connectivity index (χ2n) is 5.60. The predicted octanol–water partition coefficient (Wildman–Crippen LogP) is 0.668. The summed E-state index contributed by atoms with van der Waals surface area (Å²) in [5, 5.41) is 14.8. The van der Waals surface area contributed by atoms with Crippen molar-refractivity contribution < 1.29 is 14.8 Å². The van der Waals surface area contributed by atoms with Gasteiger partial charge in [-0.3, -0.25) is 9.59 Å². The smallest absolute Gasteiger partial charge is 0.239 e. The van der Waals surface area contributed by atoms with Gasteiger partial charge in [0.1, 0.15) is 5.41 Å². The molecular formula is C14H26N4O3. The number of likely N-dealkylation sites (N-methyl/N-ethyl adjacent to an activating group) is 2. The molecule has 4 N–H and O–H groups in total. The summed E-state index contributed by atoms with van der Waals surface area (Å²) in [6.07, 6.45) is 4.90. The first-order valence-electron chi connectivity index (χ1n) is 7.48. The maximum atomic E-state index is 12.8. The summed E-state index contributed by atoms with van der Waals surface area (Å²) in [5.74, 6) is -0.500. The van der Waals surface area contributed by atoms with Crippen LogP contribution < -0.4 is 11.1 Å². The summed E-state index contributed by atoms with van der Waals surface area (Å²) < 4.78 is 0. The van der Waals surface area contributed by atoms with Crippen LogP contribution in [-0.4, -0.2) is 47.9 Å². The lowest BCUT2D eigenvalue weighted by Gasteiger charge is -2.33. The van der Waals surface area contributed by atoms with E-state index in [0.29, 0.717) is 19.4 Å². The van der Waals surface area contributed by atoms with E-state index < -0.39 is 5.41 Å². The van der Waals surface area contributed by atoms with E-state index in [0.717, 1.165) is 25.7 Å². The highest BCUT2D eigenvalue weighted by Gasteiger charge is 2.44. The van der Waals surface area contributed by atoms with Gasteiger partial charge in [0.25, 0.3) is 0 Å². The third-order valence-electron chi connectivity index (χ3n) is 4.07. The number of amidine groups is 1. The number of carbonyl (C=O) groups excluding carboxylic acids is 2. The molecule has 0 unspecified atom stereocenters. The van der Waals surface area contributed by atoms with Gasteiger partial charge in [0.05, 0.1) is 6.54 Å². The van der Waals surface area contributed by atoms with Crippen LogP contribution in [0.2, 0.25) is 0 Å². The topological polar surface area (TPSA) is 108 Å². The zero-order chi connectivity index (χ0) is 15.9. The van der Waals surface area contributed by atoms with Crippen LogP contribution >= 0.6 is 0 Å². The molecule has 0 bridgehead atoms. The normalized spacial score (nSPS) is 18.7. The Morgan fingerprint density at radius 2 is 1.86 bits per heavy atom. The Balaban J connectivity index is 2.92. The van der Waals surface area contributed by atoms with Crippen LogP contribution in [0.3, 0.4) is 0 Å². The Hall–Kier alpha value is -1.79. The number of rotatable bonds is 5. The van der Waals surface area contributed by atoms with Crippen molar-refractivity contribution in [3.05, 3.63) is 0 Å². The molecule has 1 rings (SSSR count). The van der Waals surface area contributed by atoms with E-state index in [2.05, 4.69) is 10.5 Å². The standard InChI is InChI=1S/C14H26N4O3/c1-3-16-11(19)10-18(2)13(20)14(12(15)17-21)8-6-4-5-7-9-14/h21H,3-10H2,1-2H3,(H2,15,17)(H,16,19). The van der Waals surface area contributed by atoms with Gasteiger partial charge >= 0.3 is 0 Å². The Bertz CT molecular complexity index is 401. The fourth-order valence-electron chi connectivity index (χ4n) is 2.91. The van der Waals surface area contributed by atoms with Crippen molar-refractivity contribution >= 4 is 17.6 Å². The third-order valence-corrected chi connectivity index (χ3v) is 4.07. The van der Waals surface area contributed by atoms with Gasteiger partial charge in [-0.05, 0) is 19.8 Å².